The monoisotopic (exact) mass is 225 g/mol. The van der Waals surface area contributed by atoms with Crippen LogP contribution in [0, 0.1) is 6.92 Å². The summed E-state index contributed by atoms with van der Waals surface area (Å²) in [5.41, 5.74) is 1.88. The maximum atomic E-state index is 6.08. The highest BCUT2D eigenvalue weighted by Gasteiger charge is 2.07. The first-order valence-corrected chi connectivity index (χ1v) is 5.52. The van der Waals surface area contributed by atoms with Crippen molar-refractivity contribution < 1.29 is 0 Å². The molecule has 1 heterocycles. The van der Waals surface area contributed by atoms with Crippen molar-refractivity contribution in [3.05, 3.63) is 45.9 Å². The van der Waals surface area contributed by atoms with Gasteiger partial charge in [0.05, 0.1) is 10.7 Å². The molecule has 1 aromatic rings. The summed E-state index contributed by atoms with van der Waals surface area (Å²) in [4.78, 5) is 4.38. The van der Waals surface area contributed by atoms with Crippen LogP contribution in [0.2, 0.25) is 0 Å². The van der Waals surface area contributed by atoms with E-state index in [9.17, 15) is 0 Å². The Balaban J connectivity index is 3.06. The van der Waals surface area contributed by atoms with Gasteiger partial charge in [0.2, 0.25) is 0 Å². The van der Waals surface area contributed by atoms with Gasteiger partial charge in [-0.05, 0) is 19.9 Å². The second-order valence-electron chi connectivity index (χ2n) is 2.70. The van der Waals surface area contributed by atoms with Gasteiger partial charge in [-0.3, -0.25) is 0 Å². The van der Waals surface area contributed by atoms with E-state index in [0.29, 0.717) is 5.03 Å². The number of aryl methyl sites for hydroxylation is 1. The minimum atomic E-state index is 0.674. The molecular formula is C11H12ClNS. The second-order valence-corrected chi connectivity index (χ2v) is 4.17. The number of aromatic nitrogens is 1. The minimum Gasteiger partial charge on any atom is -0.242 e. The lowest BCUT2D eigenvalue weighted by atomic mass is 10.2. The van der Waals surface area contributed by atoms with Crippen LogP contribution in [0.3, 0.4) is 0 Å². The lowest BCUT2D eigenvalue weighted by molar-refractivity contribution is 1.26. The molecule has 1 aromatic heterocycles. The molecular weight excluding hydrogens is 214 g/mol. The molecule has 0 saturated heterocycles. The smallest absolute Gasteiger partial charge is 0.0901 e. The van der Waals surface area contributed by atoms with E-state index in [4.69, 9.17) is 11.6 Å². The Kier molecular flexibility index (Phi) is 4.11. The normalized spacial score (nSPS) is 13.1. The molecule has 0 N–H and O–H groups in total. The molecule has 0 unspecified atom stereocenters. The summed E-state index contributed by atoms with van der Waals surface area (Å²) < 4.78 is 0. The van der Waals surface area contributed by atoms with Gasteiger partial charge in [-0.25, -0.2) is 4.98 Å². The molecule has 0 aromatic carbocycles. The predicted molar refractivity (Wildman–Crippen MR) is 64.6 cm³/mol. The molecule has 0 spiro atoms. The second kappa shape index (κ2) is 5.13. The van der Waals surface area contributed by atoms with Crippen LogP contribution in [0.5, 0.6) is 0 Å². The minimum absolute atomic E-state index is 0.674. The molecule has 1 nitrogen and oxygen atoms in total. The lowest BCUT2D eigenvalue weighted by Crippen LogP contribution is -1.84. The van der Waals surface area contributed by atoms with Gasteiger partial charge in [-0.2, -0.15) is 0 Å². The number of thiazole rings is 1. The van der Waals surface area contributed by atoms with Crippen LogP contribution < -0.4 is 0 Å². The summed E-state index contributed by atoms with van der Waals surface area (Å²) in [6, 6.07) is 0. The zero-order valence-corrected chi connectivity index (χ0v) is 9.82. The van der Waals surface area contributed by atoms with Crippen molar-refractivity contribution >= 4 is 28.5 Å². The first-order valence-electron chi connectivity index (χ1n) is 4.26. The fourth-order valence-electron chi connectivity index (χ4n) is 1.09. The zero-order valence-electron chi connectivity index (χ0n) is 8.25. The Hall–Kier alpha value is -0.860. The summed E-state index contributed by atoms with van der Waals surface area (Å²) >= 11 is 7.70. The number of allylic oxidation sites excluding steroid dienone is 5. The van der Waals surface area contributed by atoms with Gasteiger partial charge >= 0.3 is 0 Å². The van der Waals surface area contributed by atoms with Gasteiger partial charge in [0.1, 0.15) is 0 Å². The Morgan fingerprint density at radius 1 is 1.64 bits per heavy atom. The van der Waals surface area contributed by atoms with Crippen LogP contribution in [-0.2, 0) is 0 Å². The summed E-state index contributed by atoms with van der Waals surface area (Å²) in [6.45, 7) is 7.54. The van der Waals surface area contributed by atoms with Crippen LogP contribution in [0.1, 0.15) is 17.6 Å². The van der Waals surface area contributed by atoms with Crippen molar-refractivity contribution in [1.82, 2.24) is 4.98 Å². The van der Waals surface area contributed by atoms with E-state index in [1.165, 1.54) is 0 Å². The molecule has 0 aliphatic carbocycles. The van der Waals surface area contributed by atoms with Crippen LogP contribution in [0.25, 0.3) is 5.57 Å². The molecule has 0 atom stereocenters. The van der Waals surface area contributed by atoms with Crippen molar-refractivity contribution in [2.45, 2.75) is 13.8 Å². The predicted octanol–water partition coefficient (Wildman–Crippen LogP) is 4.16. The Morgan fingerprint density at radius 2 is 2.36 bits per heavy atom. The first-order chi connectivity index (χ1) is 6.69. The van der Waals surface area contributed by atoms with E-state index >= 15 is 0 Å². The van der Waals surface area contributed by atoms with Crippen LogP contribution in [0.15, 0.2) is 35.2 Å². The largest absolute Gasteiger partial charge is 0.242 e. The molecule has 0 amide bonds. The molecule has 14 heavy (non-hydrogen) atoms. The van der Waals surface area contributed by atoms with E-state index in [0.717, 1.165) is 16.3 Å². The average Bonchev–Trinajstić information content (AvgIpc) is 2.54. The van der Waals surface area contributed by atoms with Crippen molar-refractivity contribution in [2.24, 2.45) is 0 Å². The van der Waals surface area contributed by atoms with Crippen LogP contribution in [0.4, 0.5) is 0 Å². The number of nitrogens with zero attached hydrogens (tertiary/aromatic N) is 1. The molecule has 0 aliphatic heterocycles. The summed E-state index contributed by atoms with van der Waals surface area (Å²) in [6.07, 6.45) is 5.40. The molecule has 0 bridgehead atoms. The molecule has 0 fully saturated rings. The SMILES string of the molecule is C=C/C=C(Cl)\C(=C/C)c1csc(C)n1. The molecule has 3 heteroatoms. The summed E-state index contributed by atoms with van der Waals surface area (Å²) in [5, 5.41) is 3.72. The van der Waals surface area contributed by atoms with E-state index in [-0.39, 0.29) is 0 Å². The van der Waals surface area contributed by atoms with E-state index in [1.807, 2.05) is 25.3 Å². The van der Waals surface area contributed by atoms with Gasteiger partial charge < -0.3 is 0 Å². The van der Waals surface area contributed by atoms with E-state index < -0.39 is 0 Å². The molecule has 74 valence electrons. The lowest BCUT2D eigenvalue weighted by Gasteiger charge is -2.00. The molecule has 0 radical (unpaired) electrons. The van der Waals surface area contributed by atoms with Crippen molar-refractivity contribution in [3.8, 4) is 0 Å². The van der Waals surface area contributed by atoms with Crippen molar-refractivity contribution in [2.75, 3.05) is 0 Å². The Bertz CT molecular complexity index is 388. The van der Waals surface area contributed by atoms with E-state index in [1.54, 1.807) is 23.5 Å². The van der Waals surface area contributed by atoms with E-state index in [2.05, 4.69) is 11.6 Å². The zero-order chi connectivity index (χ0) is 10.6. The molecule has 0 aliphatic rings. The summed E-state index contributed by atoms with van der Waals surface area (Å²) in [7, 11) is 0. The van der Waals surface area contributed by atoms with Gasteiger partial charge in [-0.1, -0.05) is 30.3 Å². The molecule has 0 saturated carbocycles. The Morgan fingerprint density at radius 3 is 2.79 bits per heavy atom. The van der Waals surface area contributed by atoms with Crippen LogP contribution in [-0.4, -0.2) is 4.98 Å². The van der Waals surface area contributed by atoms with Crippen molar-refractivity contribution in [1.29, 1.82) is 0 Å². The van der Waals surface area contributed by atoms with Crippen LogP contribution >= 0.6 is 22.9 Å². The number of hydrogen-bond acceptors (Lipinski definition) is 2. The summed E-state index contributed by atoms with van der Waals surface area (Å²) in [5.74, 6) is 0. The fourth-order valence-corrected chi connectivity index (χ4v) is 2.00. The maximum Gasteiger partial charge on any atom is 0.0901 e. The Labute approximate surface area is 93.4 Å². The third-order valence-corrected chi connectivity index (χ3v) is 2.81. The topological polar surface area (TPSA) is 12.9 Å². The average molecular weight is 226 g/mol. The van der Waals surface area contributed by atoms with Gasteiger partial charge in [0, 0.05) is 16.0 Å². The highest BCUT2D eigenvalue weighted by atomic mass is 35.5. The number of halogens is 1. The van der Waals surface area contributed by atoms with Gasteiger partial charge in [-0.15, -0.1) is 11.3 Å². The third kappa shape index (κ3) is 2.56. The third-order valence-electron chi connectivity index (χ3n) is 1.71. The highest BCUT2D eigenvalue weighted by molar-refractivity contribution is 7.09. The standard InChI is InChI=1S/C11H12ClNS/c1-4-6-10(12)9(5-2)11-7-14-8(3)13-11/h4-7H,1H2,2-3H3/b9-5+,10-6+. The molecule has 1 rings (SSSR count). The fraction of sp³-hybridized carbons (Fsp3) is 0.182. The number of hydrogen-bond donors (Lipinski definition) is 0. The number of rotatable bonds is 3. The highest BCUT2D eigenvalue weighted by Crippen LogP contribution is 2.26. The quantitative estimate of drug-likeness (QED) is 0.704. The van der Waals surface area contributed by atoms with Gasteiger partial charge in [0.25, 0.3) is 0 Å². The first kappa shape index (κ1) is 11.2. The van der Waals surface area contributed by atoms with Crippen molar-refractivity contribution in [3.63, 3.8) is 0 Å². The van der Waals surface area contributed by atoms with Gasteiger partial charge in [0.15, 0.2) is 0 Å². The maximum absolute atomic E-state index is 6.08.